The summed E-state index contributed by atoms with van der Waals surface area (Å²) in [5.74, 6) is -0.254. The second-order valence-electron chi connectivity index (χ2n) is 5.49. The van der Waals surface area contributed by atoms with Gasteiger partial charge in [-0.15, -0.1) is 0 Å². The first-order chi connectivity index (χ1) is 10.7. The molecule has 2 rings (SSSR count). The Balaban J connectivity index is 1.69. The van der Waals surface area contributed by atoms with Crippen molar-refractivity contribution < 1.29 is 8.78 Å². The average molecular weight is 310 g/mol. The van der Waals surface area contributed by atoms with Gasteiger partial charge in [-0.05, 0) is 57.1 Å². The monoisotopic (exact) mass is 310 g/mol. The Kier molecular flexibility index (Phi) is 6.58. The zero-order valence-electron chi connectivity index (χ0n) is 13.0. The number of guanidine groups is 1. The van der Waals surface area contributed by atoms with Crippen molar-refractivity contribution >= 4 is 5.96 Å². The zero-order valence-corrected chi connectivity index (χ0v) is 13.0. The Hall–Kier alpha value is -1.69. The van der Waals surface area contributed by atoms with Crippen LogP contribution in [0.25, 0.3) is 0 Å². The summed E-state index contributed by atoms with van der Waals surface area (Å²) in [6.07, 6.45) is 3.64. The molecule has 0 bridgehead atoms. The van der Waals surface area contributed by atoms with E-state index in [1.165, 1.54) is 32.0 Å². The molecule has 0 unspecified atom stereocenters. The van der Waals surface area contributed by atoms with Gasteiger partial charge in [-0.25, -0.2) is 8.78 Å². The molecule has 122 valence electrons. The number of halogens is 2. The Morgan fingerprint density at radius 1 is 1.23 bits per heavy atom. The van der Waals surface area contributed by atoms with Crippen LogP contribution < -0.4 is 10.6 Å². The van der Waals surface area contributed by atoms with Crippen LogP contribution >= 0.6 is 0 Å². The van der Waals surface area contributed by atoms with E-state index >= 15 is 0 Å². The van der Waals surface area contributed by atoms with Crippen LogP contribution in [0.1, 0.15) is 24.8 Å². The lowest BCUT2D eigenvalue weighted by molar-refractivity contribution is 0.334. The van der Waals surface area contributed by atoms with Gasteiger partial charge >= 0.3 is 0 Å². The summed E-state index contributed by atoms with van der Waals surface area (Å²) in [6.45, 7) is 4.50. The molecule has 0 atom stereocenters. The summed E-state index contributed by atoms with van der Waals surface area (Å²) in [7, 11) is 1.66. The lowest BCUT2D eigenvalue weighted by Crippen LogP contribution is -2.38. The zero-order chi connectivity index (χ0) is 15.8. The van der Waals surface area contributed by atoms with Crippen LogP contribution in [0.4, 0.5) is 8.78 Å². The second kappa shape index (κ2) is 8.68. The largest absolute Gasteiger partial charge is 0.356 e. The van der Waals surface area contributed by atoms with Gasteiger partial charge < -0.3 is 15.5 Å². The van der Waals surface area contributed by atoms with Gasteiger partial charge in [0, 0.05) is 25.7 Å². The minimum Gasteiger partial charge on any atom is -0.356 e. The molecule has 1 aliphatic heterocycles. The van der Waals surface area contributed by atoms with E-state index in [9.17, 15) is 8.78 Å². The van der Waals surface area contributed by atoms with Gasteiger partial charge in [0.15, 0.2) is 5.96 Å². The summed E-state index contributed by atoms with van der Waals surface area (Å²) in [6, 6.07) is 3.45. The topological polar surface area (TPSA) is 39.7 Å². The lowest BCUT2D eigenvalue weighted by Gasteiger charge is -2.16. The van der Waals surface area contributed by atoms with Crippen LogP contribution in [0.2, 0.25) is 0 Å². The molecular weight excluding hydrogens is 286 g/mol. The molecule has 0 aromatic heterocycles. The van der Waals surface area contributed by atoms with E-state index in [0.717, 1.165) is 31.6 Å². The SMILES string of the molecule is CN=C(NCCCN1CCCC1)NCc1cc(F)ccc1F. The Morgan fingerprint density at radius 3 is 2.73 bits per heavy atom. The van der Waals surface area contributed by atoms with Crippen molar-refractivity contribution in [3.05, 3.63) is 35.4 Å². The molecule has 0 saturated carbocycles. The lowest BCUT2D eigenvalue weighted by atomic mass is 10.2. The van der Waals surface area contributed by atoms with Gasteiger partial charge in [0.25, 0.3) is 0 Å². The molecule has 22 heavy (non-hydrogen) atoms. The molecule has 4 nitrogen and oxygen atoms in total. The molecule has 0 spiro atoms. The third kappa shape index (κ3) is 5.26. The van der Waals surface area contributed by atoms with E-state index < -0.39 is 11.6 Å². The summed E-state index contributed by atoms with van der Waals surface area (Å²) >= 11 is 0. The van der Waals surface area contributed by atoms with Crippen molar-refractivity contribution in [2.45, 2.75) is 25.8 Å². The molecule has 0 aliphatic carbocycles. The standard InChI is InChI=1S/C16H24F2N4/c1-19-16(20-7-4-10-22-8-2-3-9-22)21-12-13-11-14(17)5-6-15(13)18/h5-6,11H,2-4,7-10,12H2,1H3,(H2,19,20,21). The van der Waals surface area contributed by atoms with Gasteiger partial charge in [-0.1, -0.05) is 0 Å². The van der Waals surface area contributed by atoms with E-state index in [2.05, 4.69) is 20.5 Å². The van der Waals surface area contributed by atoms with Crippen LogP contribution in [-0.4, -0.2) is 44.1 Å². The molecule has 6 heteroatoms. The quantitative estimate of drug-likeness (QED) is 0.480. The highest BCUT2D eigenvalue weighted by atomic mass is 19.1. The number of hydrogen-bond donors (Lipinski definition) is 2. The first-order valence-electron chi connectivity index (χ1n) is 7.80. The number of nitrogens with one attached hydrogen (secondary N) is 2. The maximum absolute atomic E-state index is 13.5. The molecule has 1 fully saturated rings. The fraction of sp³-hybridized carbons (Fsp3) is 0.562. The Morgan fingerprint density at radius 2 is 2.00 bits per heavy atom. The van der Waals surface area contributed by atoms with Crippen molar-refractivity contribution in [3.63, 3.8) is 0 Å². The molecular formula is C16H24F2N4. The van der Waals surface area contributed by atoms with E-state index in [4.69, 9.17) is 0 Å². The molecule has 0 radical (unpaired) electrons. The number of aliphatic imine (C=N–C) groups is 1. The molecule has 1 heterocycles. The second-order valence-corrected chi connectivity index (χ2v) is 5.49. The maximum Gasteiger partial charge on any atom is 0.191 e. The number of nitrogens with zero attached hydrogens (tertiary/aromatic N) is 2. The molecule has 1 aromatic carbocycles. The van der Waals surface area contributed by atoms with Gasteiger partial charge in [-0.2, -0.15) is 0 Å². The smallest absolute Gasteiger partial charge is 0.191 e. The van der Waals surface area contributed by atoms with Gasteiger partial charge in [-0.3, -0.25) is 4.99 Å². The van der Waals surface area contributed by atoms with Crippen LogP contribution in [-0.2, 0) is 6.54 Å². The number of likely N-dealkylation sites (tertiary alicyclic amines) is 1. The van der Waals surface area contributed by atoms with E-state index in [1.54, 1.807) is 7.05 Å². The maximum atomic E-state index is 13.5. The third-order valence-corrected chi connectivity index (χ3v) is 3.82. The Bertz CT molecular complexity index is 499. The fourth-order valence-corrected chi connectivity index (χ4v) is 2.59. The van der Waals surface area contributed by atoms with Gasteiger partial charge in [0.1, 0.15) is 11.6 Å². The van der Waals surface area contributed by atoms with Crippen molar-refractivity contribution in [1.29, 1.82) is 0 Å². The van der Waals surface area contributed by atoms with E-state index in [0.29, 0.717) is 11.5 Å². The number of rotatable bonds is 6. The first kappa shape index (κ1) is 16.7. The predicted octanol–water partition coefficient (Wildman–Crippen LogP) is 2.12. The average Bonchev–Trinajstić information content (AvgIpc) is 3.03. The first-order valence-corrected chi connectivity index (χ1v) is 7.80. The van der Waals surface area contributed by atoms with Crippen molar-refractivity contribution in [3.8, 4) is 0 Å². The highest BCUT2D eigenvalue weighted by Gasteiger charge is 2.10. The molecule has 1 aliphatic rings. The van der Waals surface area contributed by atoms with Crippen molar-refractivity contribution in [1.82, 2.24) is 15.5 Å². The normalized spacial score (nSPS) is 16.0. The summed E-state index contributed by atoms with van der Waals surface area (Å²) < 4.78 is 26.6. The molecule has 0 amide bonds. The molecule has 2 N–H and O–H groups in total. The summed E-state index contributed by atoms with van der Waals surface area (Å²) in [4.78, 5) is 6.55. The van der Waals surface area contributed by atoms with Crippen LogP contribution in [0.15, 0.2) is 23.2 Å². The predicted molar refractivity (Wildman–Crippen MR) is 84.9 cm³/mol. The van der Waals surface area contributed by atoms with Crippen LogP contribution in [0.5, 0.6) is 0 Å². The number of hydrogen-bond acceptors (Lipinski definition) is 2. The Labute approximate surface area is 130 Å². The number of benzene rings is 1. The van der Waals surface area contributed by atoms with E-state index in [1.807, 2.05) is 0 Å². The van der Waals surface area contributed by atoms with Gasteiger partial charge in [0.05, 0.1) is 0 Å². The van der Waals surface area contributed by atoms with E-state index in [-0.39, 0.29) is 6.54 Å². The minimum absolute atomic E-state index is 0.204. The minimum atomic E-state index is -0.438. The highest BCUT2D eigenvalue weighted by molar-refractivity contribution is 5.79. The summed E-state index contributed by atoms with van der Waals surface area (Å²) in [5.41, 5.74) is 0.292. The third-order valence-electron chi connectivity index (χ3n) is 3.82. The molecule has 1 saturated heterocycles. The van der Waals surface area contributed by atoms with Crippen molar-refractivity contribution in [2.75, 3.05) is 33.2 Å². The van der Waals surface area contributed by atoms with Gasteiger partial charge in [0.2, 0.25) is 0 Å². The van der Waals surface area contributed by atoms with Crippen LogP contribution in [0.3, 0.4) is 0 Å². The molecule has 1 aromatic rings. The fourth-order valence-electron chi connectivity index (χ4n) is 2.59. The highest BCUT2D eigenvalue weighted by Crippen LogP contribution is 2.09. The van der Waals surface area contributed by atoms with Crippen LogP contribution in [0, 0.1) is 11.6 Å². The van der Waals surface area contributed by atoms with Crippen molar-refractivity contribution in [2.24, 2.45) is 4.99 Å². The summed E-state index contributed by atoms with van der Waals surface area (Å²) in [5, 5.41) is 6.19.